The summed E-state index contributed by atoms with van der Waals surface area (Å²) in [5.74, 6) is 0.0865. The van der Waals surface area contributed by atoms with Crippen LogP contribution in [0, 0.1) is 0 Å². The summed E-state index contributed by atoms with van der Waals surface area (Å²) in [4.78, 5) is 13.8. The topological polar surface area (TPSA) is 46.3 Å². The Labute approximate surface area is 103 Å². The second kappa shape index (κ2) is 5.32. The summed E-state index contributed by atoms with van der Waals surface area (Å²) in [5.41, 5.74) is 7.18. The van der Waals surface area contributed by atoms with Crippen LogP contribution in [-0.2, 0) is 11.2 Å². The van der Waals surface area contributed by atoms with Crippen LogP contribution in [0.1, 0.15) is 24.8 Å². The van der Waals surface area contributed by atoms with Crippen LogP contribution in [0.15, 0.2) is 30.3 Å². The van der Waals surface area contributed by atoms with E-state index in [-0.39, 0.29) is 11.9 Å². The summed E-state index contributed by atoms with van der Waals surface area (Å²) in [7, 11) is 1.86. The van der Waals surface area contributed by atoms with Gasteiger partial charge in [-0.15, -0.1) is 0 Å². The van der Waals surface area contributed by atoms with Crippen LogP contribution in [-0.4, -0.2) is 29.9 Å². The molecule has 1 aliphatic rings. The van der Waals surface area contributed by atoms with Gasteiger partial charge in [-0.1, -0.05) is 30.3 Å². The van der Waals surface area contributed by atoms with Crippen molar-refractivity contribution in [3.63, 3.8) is 0 Å². The van der Waals surface area contributed by atoms with Gasteiger partial charge in [0.05, 0.1) is 6.04 Å². The molecule has 2 N–H and O–H groups in total. The minimum absolute atomic E-state index is 0.0865. The van der Waals surface area contributed by atoms with Crippen molar-refractivity contribution in [1.82, 2.24) is 4.90 Å². The van der Waals surface area contributed by atoms with Gasteiger partial charge in [0.25, 0.3) is 0 Å². The second-order valence-corrected chi connectivity index (χ2v) is 4.81. The second-order valence-electron chi connectivity index (χ2n) is 4.81. The molecule has 1 aliphatic carbocycles. The Morgan fingerprint density at radius 3 is 2.65 bits per heavy atom. The number of nitrogens with zero attached hydrogens (tertiary/aromatic N) is 1. The van der Waals surface area contributed by atoms with Gasteiger partial charge in [-0.3, -0.25) is 4.79 Å². The zero-order chi connectivity index (χ0) is 12.3. The summed E-state index contributed by atoms with van der Waals surface area (Å²) in [6.45, 7) is 0. The number of amides is 1. The number of likely N-dealkylation sites (N-methyl/N-ethyl adjacent to an activating group) is 1. The first-order valence-corrected chi connectivity index (χ1v) is 6.24. The molecule has 0 unspecified atom stereocenters. The Balaban J connectivity index is 1.80. The standard InChI is InChI=1S/C14H20N2O/c1-16(12-8-9-12)14(17)13(15)10-7-11-5-3-2-4-6-11/h2-6,12-13H,7-10,15H2,1H3/t13-/m0/s1. The van der Waals surface area contributed by atoms with Crippen molar-refractivity contribution in [3.8, 4) is 0 Å². The lowest BCUT2D eigenvalue weighted by molar-refractivity contribution is -0.131. The zero-order valence-electron chi connectivity index (χ0n) is 10.3. The predicted molar refractivity (Wildman–Crippen MR) is 68.5 cm³/mol. The number of aryl methyl sites for hydroxylation is 1. The fourth-order valence-electron chi connectivity index (χ4n) is 1.99. The molecule has 1 saturated carbocycles. The largest absolute Gasteiger partial charge is 0.341 e. The third-order valence-corrected chi connectivity index (χ3v) is 3.35. The third-order valence-electron chi connectivity index (χ3n) is 3.35. The van der Waals surface area contributed by atoms with E-state index < -0.39 is 0 Å². The quantitative estimate of drug-likeness (QED) is 0.837. The Morgan fingerprint density at radius 2 is 2.06 bits per heavy atom. The van der Waals surface area contributed by atoms with Crippen LogP contribution in [0.3, 0.4) is 0 Å². The summed E-state index contributed by atoms with van der Waals surface area (Å²) in [5, 5.41) is 0. The maximum atomic E-state index is 11.9. The molecule has 92 valence electrons. The van der Waals surface area contributed by atoms with Gasteiger partial charge in [-0.25, -0.2) is 0 Å². The maximum absolute atomic E-state index is 11.9. The van der Waals surface area contributed by atoms with Gasteiger partial charge >= 0.3 is 0 Å². The molecule has 3 nitrogen and oxygen atoms in total. The Kier molecular flexibility index (Phi) is 3.79. The summed E-state index contributed by atoms with van der Waals surface area (Å²) in [6, 6.07) is 10.3. The monoisotopic (exact) mass is 232 g/mol. The number of carbonyl (C=O) groups excluding carboxylic acids is 1. The van der Waals surface area contributed by atoms with E-state index in [1.165, 1.54) is 5.56 Å². The molecule has 17 heavy (non-hydrogen) atoms. The van der Waals surface area contributed by atoms with Crippen LogP contribution in [0.25, 0.3) is 0 Å². The van der Waals surface area contributed by atoms with Gasteiger partial charge in [-0.05, 0) is 31.2 Å². The number of benzene rings is 1. The SMILES string of the molecule is CN(C(=O)[C@@H](N)CCc1ccccc1)C1CC1. The van der Waals surface area contributed by atoms with E-state index in [4.69, 9.17) is 5.73 Å². The van der Waals surface area contributed by atoms with Crippen LogP contribution >= 0.6 is 0 Å². The molecule has 0 radical (unpaired) electrons. The summed E-state index contributed by atoms with van der Waals surface area (Å²) in [6.07, 6.45) is 3.85. The van der Waals surface area contributed by atoms with Crippen molar-refractivity contribution in [2.24, 2.45) is 5.73 Å². The first-order valence-electron chi connectivity index (χ1n) is 6.24. The van der Waals surface area contributed by atoms with Crippen molar-refractivity contribution >= 4 is 5.91 Å². The Bertz CT molecular complexity index is 373. The molecular formula is C14H20N2O. The van der Waals surface area contributed by atoms with Gasteiger partial charge in [0.2, 0.25) is 5.91 Å². The zero-order valence-corrected chi connectivity index (χ0v) is 10.3. The molecule has 0 bridgehead atoms. The highest BCUT2D eigenvalue weighted by Gasteiger charge is 2.31. The van der Waals surface area contributed by atoms with E-state index >= 15 is 0 Å². The molecule has 0 spiro atoms. The fraction of sp³-hybridized carbons (Fsp3) is 0.500. The van der Waals surface area contributed by atoms with Crippen molar-refractivity contribution in [2.75, 3.05) is 7.05 Å². The highest BCUT2D eigenvalue weighted by atomic mass is 16.2. The molecule has 1 aromatic rings. The molecule has 1 aromatic carbocycles. The van der Waals surface area contributed by atoms with Gasteiger partial charge < -0.3 is 10.6 Å². The molecule has 1 atom stereocenters. The van der Waals surface area contributed by atoms with Gasteiger partial charge in [0.15, 0.2) is 0 Å². The normalized spacial score (nSPS) is 16.6. The average Bonchev–Trinajstić information content (AvgIpc) is 3.19. The lowest BCUT2D eigenvalue weighted by Crippen LogP contribution is -2.43. The summed E-state index contributed by atoms with van der Waals surface area (Å²) < 4.78 is 0. The Morgan fingerprint density at radius 1 is 1.41 bits per heavy atom. The fourth-order valence-corrected chi connectivity index (χ4v) is 1.99. The maximum Gasteiger partial charge on any atom is 0.239 e. The van der Waals surface area contributed by atoms with Crippen LogP contribution in [0.4, 0.5) is 0 Å². The number of hydrogen-bond acceptors (Lipinski definition) is 2. The smallest absolute Gasteiger partial charge is 0.239 e. The highest BCUT2D eigenvalue weighted by Crippen LogP contribution is 2.25. The molecule has 1 fully saturated rings. The molecule has 2 rings (SSSR count). The summed E-state index contributed by atoms with van der Waals surface area (Å²) >= 11 is 0. The minimum atomic E-state index is -0.360. The van der Waals surface area contributed by atoms with E-state index in [2.05, 4.69) is 12.1 Å². The number of rotatable bonds is 5. The number of hydrogen-bond donors (Lipinski definition) is 1. The lowest BCUT2D eigenvalue weighted by Gasteiger charge is -2.20. The Hall–Kier alpha value is -1.35. The van der Waals surface area contributed by atoms with Crippen molar-refractivity contribution in [3.05, 3.63) is 35.9 Å². The minimum Gasteiger partial charge on any atom is -0.341 e. The van der Waals surface area contributed by atoms with E-state index in [1.807, 2.05) is 30.1 Å². The van der Waals surface area contributed by atoms with Crippen molar-refractivity contribution in [1.29, 1.82) is 0 Å². The van der Waals surface area contributed by atoms with Gasteiger partial charge in [0, 0.05) is 13.1 Å². The van der Waals surface area contributed by atoms with Crippen LogP contribution < -0.4 is 5.73 Å². The predicted octanol–water partition coefficient (Wildman–Crippen LogP) is 1.57. The van der Waals surface area contributed by atoms with Crippen LogP contribution in [0.2, 0.25) is 0 Å². The molecular weight excluding hydrogens is 212 g/mol. The van der Waals surface area contributed by atoms with E-state index in [0.29, 0.717) is 6.04 Å². The molecule has 0 aromatic heterocycles. The average molecular weight is 232 g/mol. The van der Waals surface area contributed by atoms with E-state index in [0.717, 1.165) is 25.7 Å². The van der Waals surface area contributed by atoms with Crippen molar-refractivity contribution in [2.45, 2.75) is 37.8 Å². The van der Waals surface area contributed by atoms with Crippen LogP contribution in [0.5, 0.6) is 0 Å². The van der Waals surface area contributed by atoms with Crippen molar-refractivity contribution < 1.29 is 4.79 Å². The first-order chi connectivity index (χ1) is 8.18. The highest BCUT2D eigenvalue weighted by molar-refractivity contribution is 5.81. The van der Waals surface area contributed by atoms with Gasteiger partial charge in [0.1, 0.15) is 0 Å². The lowest BCUT2D eigenvalue weighted by atomic mass is 10.1. The molecule has 0 aliphatic heterocycles. The third kappa shape index (κ3) is 3.30. The number of nitrogens with two attached hydrogens (primary N) is 1. The van der Waals surface area contributed by atoms with E-state index in [9.17, 15) is 4.79 Å². The number of carbonyl (C=O) groups is 1. The molecule has 0 saturated heterocycles. The first kappa shape index (κ1) is 12.1. The molecule has 0 heterocycles. The molecule has 1 amide bonds. The van der Waals surface area contributed by atoms with E-state index in [1.54, 1.807) is 0 Å². The molecule has 3 heteroatoms. The van der Waals surface area contributed by atoms with Gasteiger partial charge in [-0.2, -0.15) is 0 Å².